The summed E-state index contributed by atoms with van der Waals surface area (Å²) in [5, 5.41) is 4.65. The molecule has 0 radical (unpaired) electrons. The van der Waals surface area contributed by atoms with Crippen molar-refractivity contribution in [3.05, 3.63) is 37.4 Å². The van der Waals surface area contributed by atoms with Crippen molar-refractivity contribution in [1.82, 2.24) is 39.0 Å². The lowest BCUT2D eigenvalue weighted by Crippen LogP contribution is -2.37. The van der Waals surface area contributed by atoms with Crippen molar-refractivity contribution in [2.45, 2.75) is 49.2 Å². The molecule has 0 spiro atoms. The summed E-state index contributed by atoms with van der Waals surface area (Å²) in [6.07, 6.45) is -10.1. The maximum absolute atomic E-state index is 16.4. The Bertz CT molecular complexity index is 2130. The average molecular weight is 753 g/mol. The van der Waals surface area contributed by atoms with Gasteiger partial charge in [0.05, 0.1) is 34.1 Å². The first-order valence-corrected chi connectivity index (χ1v) is 19.1. The second kappa shape index (κ2) is 12.5. The first-order chi connectivity index (χ1) is 25.4. The number of fused-ring (bicyclic) bond motifs is 10. The quantitative estimate of drug-likeness (QED) is 0.116. The number of alkyl halides is 2. The van der Waals surface area contributed by atoms with Gasteiger partial charge < -0.3 is 29.5 Å². The summed E-state index contributed by atoms with van der Waals surface area (Å²) in [6, 6.07) is -2.34. The predicted octanol–water partition coefficient (Wildman–Crippen LogP) is 2.60. The molecule has 10 atom stereocenters. The standard InChI is InChI=1S/C24H26F2N10O8P2S2/c25-13-17-11-5-39-46(38,48)44-18-12(6-40-45(37,47)43-17)42-24(14(18)26)36-10-34-16-20(30-8-32-22(16)36)28-4-2-1-3-27-19-15-21(31-7-29-19)35(9-33-15)23(13)41-11/h1-2,7-14,17-18,23-24H,3-6H2,(H,37,47)(H,38,48)(H,27,29,31)(H,28,30,32)/b2-1+/t11-,12-,13-,14-,17-,18-,23-,24-,45?,46?/m1/s1/i1D,2D,3D2,4D2. The number of rotatable bonds is 0. The smallest absolute Gasteiger partial charge is 0.365 e. The van der Waals surface area contributed by atoms with Crippen LogP contribution in [0.2, 0.25) is 0 Å². The Morgan fingerprint density at radius 3 is 1.92 bits per heavy atom. The predicted molar refractivity (Wildman–Crippen MR) is 169 cm³/mol. The summed E-state index contributed by atoms with van der Waals surface area (Å²) in [4.78, 5) is 35.6. The van der Waals surface area contributed by atoms with E-state index in [4.69, 9.17) is 47.6 Å². The van der Waals surface area contributed by atoms with Crippen LogP contribution in [0.15, 0.2) is 37.4 Å². The Balaban J connectivity index is 1.28. The Labute approximate surface area is 287 Å². The molecule has 3 N–H and O–H groups in total. The molecule has 3 saturated heterocycles. The molecule has 24 heteroatoms. The van der Waals surface area contributed by atoms with Gasteiger partial charge in [0, 0.05) is 13.0 Å². The fraction of sp³-hybridized carbons (Fsp3) is 0.500. The van der Waals surface area contributed by atoms with Crippen molar-refractivity contribution in [2.24, 2.45) is 0 Å². The number of halogens is 2. The molecule has 9 rings (SSSR count). The molecule has 2 unspecified atom stereocenters. The van der Waals surface area contributed by atoms with Gasteiger partial charge in [-0.1, -0.05) is 24.4 Å². The molecule has 14 bridgehead atoms. The fourth-order valence-corrected chi connectivity index (χ4v) is 8.48. The molecule has 5 aliphatic heterocycles. The van der Waals surface area contributed by atoms with Gasteiger partial charge in [-0.2, -0.15) is 0 Å². The third-order valence-corrected chi connectivity index (χ3v) is 10.8. The Morgan fingerprint density at radius 1 is 0.875 bits per heavy atom. The molecule has 18 nitrogen and oxygen atoms in total. The molecule has 256 valence electrons. The number of imidazole rings is 2. The molecule has 0 saturated carbocycles. The molecule has 9 heterocycles. The molecule has 5 aliphatic rings. The Kier molecular flexibility index (Phi) is 6.82. The number of ether oxygens (including phenoxy) is 2. The summed E-state index contributed by atoms with van der Waals surface area (Å²) in [5.74, 6) is -0.666. The molecule has 4 aromatic rings. The number of nitrogens with zero attached hydrogens (tertiary/aromatic N) is 8. The van der Waals surface area contributed by atoms with Gasteiger partial charge in [0.25, 0.3) is 0 Å². The van der Waals surface area contributed by atoms with E-state index in [9.17, 15) is 9.46 Å². The molecule has 3 fully saturated rings. The number of nitrogens with one attached hydrogen (secondary N) is 2. The highest BCUT2D eigenvalue weighted by Crippen LogP contribution is 2.58. The summed E-state index contributed by atoms with van der Waals surface area (Å²) < 4.78 is 134. The summed E-state index contributed by atoms with van der Waals surface area (Å²) in [6.45, 7) is -16.3. The van der Waals surface area contributed by atoms with Gasteiger partial charge in [0.15, 0.2) is 58.8 Å². The number of thiol groups is 1. The van der Waals surface area contributed by atoms with Crippen LogP contribution in [0.5, 0.6) is 0 Å². The molecule has 48 heavy (non-hydrogen) atoms. The first-order valence-electron chi connectivity index (χ1n) is 16.9. The minimum absolute atomic E-state index is 0.133. The summed E-state index contributed by atoms with van der Waals surface area (Å²) in [7, 11) is 0. The van der Waals surface area contributed by atoms with Crippen LogP contribution in [-0.4, -0.2) is 107 Å². The van der Waals surface area contributed by atoms with Crippen molar-refractivity contribution < 1.29 is 54.0 Å². The maximum atomic E-state index is 16.4. The van der Waals surface area contributed by atoms with Crippen LogP contribution in [0.25, 0.3) is 22.3 Å². The summed E-state index contributed by atoms with van der Waals surface area (Å²) in [5.41, 5.74) is -0.597. The maximum Gasteiger partial charge on any atom is 0.386 e. The van der Waals surface area contributed by atoms with Crippen molar-refractivity contribution in [3.63, 3.8) is 0 Å². The van der Waals surface area contributed by atoms with E-state index in [0.29, 0.717) is 0 Å². The highest BCUT2D eigenvalue weighted by atomic mass is 32.7. The Hall–Kier alpha value is -2.75. The number of hydrogen-bond donors (Lipinski definition) is 4. The summed E-state index contributed by atoms with van der Waals surface area (Å²) >= 11 is 9.19. The van der Waals surface area contributed by atoms with E-state index in [2.05, 4.69) is 52.8 Å². The lowest BCUT2D eigenvalue weighted by atomic mass is 10.1. The third kappa shape index (κ3) is 5.91. The van der Waals surface area contributed by atoms with E-state index in [1.165, 1.54) is 0 Å². The van der Waals surface area contributed by atoms with Crippen molar-refractivity contribution in [3.8, 4) is 0 Å². The molecule has 4 aromatic heterocycles. The largest absolute Gasteiger partial charge is 0.386 e. The zero-order valence-electron chi connectivity index (χ0n) is 29.7. The van der Waals surface area contributed by atoms with E-state index in [0.717, 1.165) is 34.4 Å². The minimum Gasteiger partial charge on any atom is -0.365 e. The molecule has 0 amide bonds. The number of aromatic nitrogens is 8. The van der Waals surface area contributed by atoms with Gasteiger partial charge in [-0.05, 0) is 11.8 Å². The minimum atomic E-state index is -4.52. The average Bonchev–Trinajstić information content (AvgIpc) is 3.86. The normalized spacial score (nSPS) is 43.2. The molecular weight excluding hydrogens is 720 g/mol. The van der Waals surface area contributed by atoms with E-state index in [-0.39, 0.29) is 34.0 Å². The van der Waals surface area contributed by atoms with Gasteiger partial charge in [-0.15, -0.1) is 0 Å². The van der Waals surface area contributed by atoms with Crippen LogP contribution >= 0.6 is 25.8 Å². The van der Waals surface area contributed by atoms with Gasteiger partial charge in [-0.25, -0.2) is 43.2 Å². The Morgan fingerprint density at radius 2 is 1.38 bits per heavy atom. The lowest BCUT2D eigenvalue weighted by molar-refractivity contribution is -0.0564. The van der Waals surface area contributed by atoms with Crippen molar-refractivity contribution in [2.75, 3.05) is 36.8 Å². The topological polar surface area (TPSA) is 204 Å². The van der Waals surface area contributed by atoms with E-state index in [1.54, 1.807) is 0 Å². The van der Waals surface area contributed by atoms with Crippen molar-refractivity contribution >= 4 is 71.5 Å². The highest BCUT2D eigenvalue weighted by molar-refractivity contribution is 8.44. The van der Waals surface area contributed by atoms with Gasteiger partial charge in [0.1, 0.15) is 37.1 Å². The second-order valence-corrected chi connectivity index (χ2v) is 16.2. The fourth-order valence-electron chi connectivity index (χ4n) is 5.56. The van der Waals surface area contributed by atoms with E-state index in [1.807, 2.05) is 0 Å². The second-order valence-electron chi connectivity index (χ2n) is 10.5. The SMILES string of the molecule is [2H]/C1=C(/[2H])C([2H])([2H])Nc2ncnc3c2ncn3[C@@H]2O[C@@H]3COP(=O)(S)O[C@H]4[C@@H](F)[C@@H](O[C@@H]4COP(O)(=S)O[C@H]3[C@H]2F)n2cnc3c(ncnc32)NC1([2H])[2H]. The zero-order valence-corrected chi connectivity index (χ0v) is 27.2. The van der Waals surface area contributed by atoms with Gasteiger partial charge in [-0.3, -0.25) is 22.7 Å². The number of hydrogen-bond acceptors (Lipinski definition) is 16. The van der Waals surface area contributed by atoms with Gasteiger partial charge >= 0.3 is 13.5 Å². The molecule has 0 aliphatic carbocycles. The van der Waals surface area contributed by atoms with Crippen LogP contribution < -0.4 is 10.6 Å². The highest BCUT2D eigenvalue weighted by Gasteiger charge is 2.54. The van der Waals surface area contributed by atoms with Crippen LogP contribution in [-0.2, 0) is 43.9 Å². The van der Waals surface area contributed by atoms with Crippen LogP contribution in [0.3, 0.4) is 0 Å². The lowest BCUT2D eigenvalue weighted by Gasteiger charge is -2.29. The molecule has 0 aromatic carbocycles. The van der Waals surface area contributed by atoms with Crippen LogP contribution in [0.4, 0.5) is 20.4 Å². The van der Waals surface area contributed by atoms with E-state index >= 15 is 8.78 Å². The first kappa shape index (κ1) is 26.1. The molecular formula is C24H26F2N10O8P2S2. The van der Waals surface area contributed by atoms with Crippen LogP contribution in [0, 0.1) is 0 Å². The third-order valence-electron chi connectivity index (χ3n) is 7.66. The van der Waals surface area contributed by atoms with Gasteiger partial charge in [0.2, 0.25) is 0 Å². The van der Waals surface area contributed by atoms with E-state index < -0.39 is 101 Å². The van der Waals surface area contributed by atoms with Crippen LogP contribution in [0.1, 0.15) is 20.7 Å². The van der Waals surface area contributed by atoms with Crippen molar-refractivity contribution in [1.29, 1.82) is 0 Å². The monoisotopic (exact) mass is 752 g/mol. The zero-order chi connectivity index (χ0) is 38.5. The number of anilines is 2.